The second-order valence-corrected chi connectivity index (χ2v) is 4.90. The molecule has 14 heavy (non-hydrogen) atoms. The molecule has 2 unspecified atom stereocenters. The summed E-state index contributed by atoms with van der Waals surface area (Å²) in [5.74, 6) is 0. The molecule has 1 aromatic carbocycles. The summed E-state index contributed by atoms with van der Waals surface area (Å²) in [4.78, 5) is 0. The predicted octanol–water partition coefficient (Wildman–Crippen LogP) is 2.04. The first-order valence-corrected chi connectivity index (χ1v) is 5.31. The Balaban J connectivity index is 2.20. The van der Waals surface area contributed by atoms with E-state index in [9.17, 15) is 0 Å². The summed E-state index contributed by atoms with van der Waals surface area (Å²) < 4.78 is 0. The van der Waals surface area contributed by atoms with Gasteiger partial charge in [0.1, 0.15) is 0 Å². The fraction of sp³-hybridized carbons (Fsp3) is 0.455. The third kappa shape index (κ3) is 0.904. The van der Waals surface area contributed by atoms with Crippen LogP contribution in [0.4, 0.5) is 5.69 Å². The molecule has 0 aromatic heterocycles. The first-order valence-electron chi connectivity index (χ1n) is 4.93. The largest absolute Gasteiger partial charge is 0.383 e. The highest BCUT2D eigenvalue weighted by Crippen LogP contribution is 2.55. The van der Waals surface area contributed by atoms with Gasteiger partial charge in [-0.25, -0.2) is 0 Å². The smallest absolute Gasteiger partial charge is 0.0643 e. The van der Waals surface area contributed by atoms with Crippen molar-refractivity contribution in [3.63, 3.8) is 0 Å². The van der Waals surface area contributed by atoms with Crippen LogP contribution in [-0.4, -0.2) is 12.6 Å². The maximum absolute atomic E-state index is 6.17. The Bertz CT molecular complexity index is 416. The van der Waals surface area contributed by atoms with Crippen LogP contribution in [-0.2, 0) is 5.41 Å². The third-order valence-electron chi connectivity index (χ3n) is 3.49. The number of benzene rings is 1. The van der Waals surface area contributed by atoms with Gasteiger partial charge in [-0.2, -0.15) is 0 Å². The van der Waals surface area contributed by atoms with Gasteiger partial charge in [0.15, 0.2) is 0 Å². The molecule has 3 heteroatoms. The maximum Gasteiger partial charge on any atom is 0.0643 e. The molecule has 2 nitrogen and oxygen atoms in total. The summed E-state index contributed by atoms with van der Waals surface area (Å²) in [5.41, 5.74) is 9.84. The predicted molar refractivity (Wildman–Crippen MR) is 58.9 cm³/mol. The van der Waals surface area contributed by atoms with Crippen molar-refractivity contribution in [2.75, 3.05) is 11.9 Å². The Morgan fingerprint density at radius 2 is 2.29 bits per heavy atom. The van der Waals surface area contributed by atoms with E-state index in [1.54, 1.807) is 0 Å². The van der Waals surface area contributed by atoms with Gasteiger partial charge < -0.3 is 11.1 Å². The highest BCUT2D eigenvalue weighted by molar-refractivity contribution is 6.33. The zero-order chi connectivity index (χ0) is 9.92. The fourth-order valence-electron chi connectivity index (χ4n) is 2.50. The molecule has 0 saturated heterocycles. The van der Waals surface area contributed by atoms with E-state index >= 15 is 0 Å². The Morgan fingerprint density at radius 1 is 1.57 bits per heavy atom. The molecule has 0 amide bonds. The number of anilines is 1. The molecule has 1 spiro atoms. The molecule has 74 valence electrons. The number of nitrogens with one attached hydrogen (secondary N) is 1. The van der Waals surface area contributed by atoms with Crippen molar-refractivity contribution in [2.45, 2.75) is 24.8 Å². The van der Waals surface area contributed by atoms with Gasteiger partial charge in [-0.3, -0.25) is 0 Å². The van der Waals surface area contributed by atoms with Gasteiger partial charge in [0.2, 0.25) is 0 Å². The third-order valence-corrected chi connectivity index (χ3v) is 3.78. The molecule has 2 aliphatic rings. The molecule has 3 rings (SSSR count). The molecule has 1 saturated carbocycles. The Morgan fingerprint density at radius 3 is 2.93 bits per heavy atom. The van der Waals surface area contributed by atoms with Gasteiger partial charge in [0.25, 0.3) is 0 Å². The lowest BCUT2D eigenvalue weighted by Crippen LogP contribution is -2.20. The van der Waals surface area contributed by atoms with E-state index in [0.717, 1.165) is 23.7 Å². The molecule has 1 aromatic rings. The highest BCUT2D eigenvalue weighted by Gasteiger charge is 2.57. The molecule has 3 N–H and O–H groups in total. The quantitative estimate of drug-likeness (QED) is 0.685. The lowest BCUT2D eigenvalue weighted by atomic mass is 9.96. The second kappa shape index (κ2) is 2.44. The van der Waals surface area contributed by atoms with Gasteiger partial charge in [0, 0.05) is 18.0 Å². The summed E-state index contributed by atoms with van der Waals surface area (Å²) in [6.07, 6.45) is 1.09. The molecular formula is C11H13ClN2. The number of halogens is 1. The van der Waals surface area contributed by atoms with Crippen molar-refractivity contribution in [3.8, 4) is 0 Å². The second-order valence-electron chi connectivity index (χ2n) is 4.49. The van der Waals surface area contributed by atoms with Crippen molar-refractivity contribution in [3.05, 3.63) is 28.3 Å². The Labute approximate surface area is 88.4 Å². The lowest BCUT2D eigenvalue weighted by Gasteiger charge is -2.09. The summed E-state index contributed by atoms with van der Waals surface area (Å²) in [5, 5.41) is 4.20. The van der Waals surface area contributed by atoms with E-state index in [4.69, 9.17) is 17.3 Å². The zero-order valence-corrected chi connectivity index (χ0v) is 8.86. The number of hydrogen-bond acceptors (Lipinski definition) is 2. The van der Waals surface area contributed by atoms with Crippen LogP contribution in [0.15, 0.2) is 12.1 Å². The topological polar surface area (TPSA) is 38.0 Å². The maximum atomic E-state index is 6.17. The van der Waals surface area contributed by atoms with Gasteiger partial charge in [0.05, 0.1) is 10.7 Å². The number of hydrogen-bond donors (Lipinski definition) is 2. The highest BCUT2D eigenvalue weighted by atomic mass is 35.5. The SMILES string of the molecule is Cc1cc(Cl)c2c(c1)C1(CN2)CC1N. The van der Waals surface area contributed by atoms with Gasteiger partial charge in [-0.1, -0.05) is 17.7 Å². The van der Waals surface area contributed by atoms with E-state index in [-0.39, 0.29) is 5.41 Å². The van der Waals surface area contributed by atoms with E-state index < -0.39 is 0 Å². The fourth-order valence-corrected chi connectivity index (χ4v) is 2.84. The number of nitrogens with two attached hydrogens (primary N) is 1. The van der Waals surface area contributed by atoms with Gasteiger partial charge in [-0.05, 0) is 30.5 Å². The minimum Gasteiger partial charge on any atom is -0.383 e. The minimum atomic E-state index is 0.199. The van der Waals surface area contributed by atoms with Crippen LogP contribution >= 0.6 is 11.6 Å². The average Bonchev–Trinajstić information content (AvgIpc) is 2.59. The van der Waals surface area contributed by atoms with Crippen LogP contribution in [0.5, 0.6) is 0 Å². The number of fused-ring (bicyclic) bond motifs is 2. The van der Waals surface area contributed by atoms with Crippen LogP contribution < -0.4 is 11.1 Å². The van der Waals surface area contributed by atoms with Crippen LogP contribution in [0, 0.1) is 6.92 Å². The number of rotatable bonds is 0. The van der Waals surface area contributed by atoms with Crippen LogP contribution in [0.3, 0.4) is 0 Å². The minimum absolute atomic E-state index is 0.199. The van der Waals surface area contributed by atoms with Crippen molar-refractivity contribution >= 4 is 17.3 Å². The molecule has 0 radical (unpaired) electrons. The van der Waals surface area contributed by atoms with E-state index in [0.29, 0.717) is 6.04 Å². The van der Waals surface area contributed by atoms with Gasteiger partial charge >= 0.3 is 0 Å². The molecule has 1 fully saturated rings. The van der Waals surface area contributed by atoms with Crippen LogP contribution in [0.25, 0.3) is 0 Å². The average molecular weight is 209 g/mol. The summed E-state index contributed by atoms with van der Waals surface area (Å²) in [6, 6.07) is 4.53. The molecule has 1 aliphatic carbocycles. The number of aryl methyl sites for hydroxylation is 1. The van der Waals surface area contributed by atoms with E-state index in [1.807, 2.05) is 6.07 Å². The first kappa shape index (κ1) is 8.57. The van der Waals surface area contributed by atoms with Crippen molar-refractivity contribution in [1.82, 2.24) is 0 Å². The zero-order valence-electron chi connectivity index (χ0n) is 8.10. The van der Waals surface area contributed by atoms with Crippen molar-refractivity contribution in [1.29, 1.82) is 0 Å². The first-order chi connectivity index (χ1) is 6.63. The van der Waals surface area contributed by atoms with Crippen LogP contribution in [0.2, 0.25) is 5.02 Å². The van der Waals surface area contributed by atoms with Crippen LogP contribution in [0.1, 0.15) is 17.5 Å². The monoisotopic (exact) mass is 208 g/mol. The van der Waals surface area contributed by atoms with E-state index in [1.165, 1.54) is 11.1 Å². The molecule has 1 heterocycles. The standard InChI is InChI=1S/C11H13ClN2/c1-6-2-7-10(8(12)3-6)14-5-11(7)4-9(11)13/h2-3,9,14H,4-5,13H2,1H3. The van der Waals surface area contributed by atoms with Crippen molar-refractivity contribution < 1.29 is 0 Å². The van der Waals surface area contributed by atoms with Gasteiger partial charge in [-0.15, -0.1) is 0 Å². The Kier molecular flexibility index (Phi) is 1.49. The molecule has 1 aliphatic heterocycles. The summed E-state index contributed by atoms with van der Waals surface area (Å²) in [6.45, 7) is 3.03. The summed E-state index contributed by atoms with van der Waals surface area (Å²) in [7, 11) is 0. The van der Waals surface area contributed by atoms with E-state index in [2.05, 4.69) is 18.3 Å². The Hall–Kier alpha value is -0.730. The molecule has 2 atom stereocenters. The summed E-state index contributed by atoms with van der Waals surface area (Å²) >= 11 is 6.17. The molecule has 0 bridgehead atoms. The normalized spacial score (nSPS) is 32.9. The molecular weight excluding hydrogens is 196 g/mol. The van der Waals surface area contributed by atoms with Crippen molar-refractivity contribution in [2.24, 2.45) is 5.73 Å². The lowest BCUT2D eigenvalue weighted by molar-refractivity contribution is 0.733.